The number of hydrogen-bond acceptors (Lipinski definition) is 3. The Morgan fingerprint density at radius 2 is 1.55 bits per heavy atom. The first kappa shape index (κ1) is 14.5. The Bertz CT molecular complexity index is 580. The fourth-order valence-corrected chi connectivity index (χ4v) is 1.99. The molecule has 6 heteroatoms. The number of carbonyl (C=O) groups is 1. The van der Waals surface area contributed by atoms with Gasteiger partial charge in [0.1, 0.15) is 5.75 Å². The summed E-state index contributed by atoms with van der Waals surface area (Å²) in [5.74, 6) is -0.354. The second kappa shape index (κ2) is 6.00. The van der Waals surface area contributed by atoms with Crippen molar-refractivity contribution in [2.75, 3.05) is 0 Å². The van der Waals surface area contributed by atoms with Crippen molar-refractivity contribution in [1.29, 1.82) is 0 Å². The average Bonchev–Trinajstić information content (AvgIpc) is 2.40. The molecule has 0 aromatic heterocycles. The number of esters is 1. The van der Waals surface area contributed by atoms with Gasteiger partial charge in [-0.05, 0) is 48.2 Å². The van der Waals surface area contributed by atoms with Gasteiger partial charge in [-0.3, -0.25) is 0 Å². The Labute approximate surface area is 117 Å². The molecule has 0 aliphatic heterocycles. The van der Waals surface area contributed by atoms with Crippen LogP contribution in [0.5, 0.6) is 5.75 Å². The van der Waals surface area contributed by atoms with Crippen LogP contribution in [-0.4, -0.2) is 11.5 Å². The molecular formula is C14H9F3O2S. The Morgan fingerprint density at radius 3 is 2.10 bits per heavy atom. The third kappa shape index (κ3) is 4.31. The quantitative estimate of drug-likeness (QED) is 0.473. The molecule has 0 bridgehead atoms. The SMILES string of the molecule is O=C(Oc1ccc(SC(F)(F)F)cc1)c1ccccc1. The standard InChI is InChI=1S/C14H9F3O2S/c15-14(16,17)20-12-8-6-11(7-9-12)19-13(18)10-4-2-1-3-5-10/h1-9H. The number of thioether (sulfide) groups is 1. The molecule has 2 nitrogen and oxygen atoms in total. The largest absolute Gasteiger partial charge is 0.446 e. The number of rotatable bonds is 3. The molecule has 104 valence electrons. The van der Waals surface area contributed by atoms with E-state index in [1.807, 2.05) is 0 Å². The molecular weight excluding hydrogens is 289 g/mol. The van der Waals surface area contributed by atoms with E-state index in [-0.39, 0.29) is 22.4 Å². The molecule has 0 spiro atoms. The summed E-state index contributed by atoms with van der Waals surface area (Å²) in [5, 5.41) is 0. The van der Waals surface area contributed by atoms with E-state index in [4.69, 9.17) is 4.74 Å². The van der Waals surface area contributed by atoms with Gasteiger partial charge in [0.05, 0.1) is 5.56 Å². The van der Waals surface area contributed by atoms with Gasteiger partial charge in [-0.1, -0.05) is 18.2 Å². The van der Waals surface area contributed by atoms with E-state index in [0.717, 1.165) is 0 Å². The van der Waals surface area contributed by atoms with Crippen LogP contribution in [0.4, 0.5) is 13.2 Å². The number of ether oxygens (including phenoxy) is 1. The summed E-state index contributed by atoms with van der Waals surface area (Å²) in [7, 11) is 0. The van der Waals surface area contributed by atoms with Crippen LogP contribution in [0.3, 0.4) is 0 Å². The third-order valence-corrected chi connectivity index (χ3v) is 3.02. The summed E-state index contributed by atoms with van der Waals surface area (Å²) in [5.41, 5.74) is -3.95. The molecule has 0 aliphatic carbocycles. The van der Waals surface area contributed by atoms with Gasteiger partial charge in [0, 0.05) is 4.90 Å². The van der Waals surface area contributed by atoms with E-state index >= 15 is 0 Å². The van der Waals surface area contributed by atoms with Gasteiger partial charge in [-0.2, -0.15) is 13.2 Å². The fraction of sp³-hybridized carbons (Fsp3) is 0.0714. The zero-order chi connectivity index (χ0) is 14.6. The summed E-state index contributed by atoms with van der Waals surface area (Å²) in [6.45, 7) is 0. The Morgan fingerprint density at radius 1 is 0.950 bits per heavy atom. The summed E-state index contributed by atoms with van der Waals surface area (Å²) < 4.78 is 41.5. The van der Waals surface area contributed by atoms with Crippen LogP contribution < -0.4 is 4.74 Å². The molecule has 0 fully saturated rings. The van der Waals surface area contributed by atoms with Crippen molar-refractivity contribution in [1.82, 2.24) is 0 Å². The minimum Gasteiger partial charge on any atom is -0.423 e. The molecule has 0 aliphatic rings. The summed E-state index contributed by atoms with van der Waals surface area (Å²) in [6.07, 6.45) is 0. The number of benzene rings is 2. The number of carbonyl (C=O) groups excluding carboxylic acids is 1. The number of alkyl halides is 3. The maximum Gasteiger partial charge on any atom is 0.446 e. The molecule has 2 aromatic rings. The van der Waals surface area contributed by atoms with Crippen LogP contribution in [0.25, 0.3) is 0 Å². The van der Waals surface area contributed by atoms with Crippen molar-refractivity contribution in [3.8, 4) is 5.75 Å². The Balaban J connectivity index is 2.02. The van der Waals surface area contributed by atoms with Crippen molar-refractivity contribution in [2.24, 2.45) is 0 Å². The first-order valence-electron chi connectivity index (χ1n) is 5.57. The molecule has 0 atom stereocenters. The van der Waals surface area contributed by atoms with E-state index in [0.29, 0.717) is 5.56 Å². The van der Waals surface area contributed by atoms with Crippen molar-refractivity contribution >= 4 is 17.7 Å². The van der Waals surface area contributed by atoms with E-state index in [9.17, 15) is 18.0 Å². The van der Waals surface area contributed by atoms with Gasteiger partial charge in [0.15, 0.2) is 0 Å². The molecule has 2 aromatic carbocycles. The van der Waals surface area contributed by atoms with Crippen LogP contribution in [-0.2, 0) is 0 Å². The lowest BCUT2D eigenvalue weighted by Gasteiger charge is -2.07. The predicted molar refractivity (Wildman–Crippen MR) is 69.8 cm³/mol. The van der Waals surface area contributed by atoms with Crippen LogP contribution in [0.2, 0.25) is 0 Å². The second-order valence-electron chi connectivity index (χ2n) is 3.77. The average molecular weight is 298 g/mol. The monoisotopic (exact) mass is 298 g/mol. The Hall–Kier alpha value is -1.95. The van der Waals surface area contributed by atoms with Crippen LogP contribution >= 0.6 is 11.8 Å². The van der Waals surface area contributed by atoms with Gasteiger partial charge in [0.2, 0.25) is 0 Å². The summed E-state index contributed by atoms with van der Waals surface area (Å²) in [6, 6.07) is 13.5. The molecule has 0 N–H and O–H groups in total. The lowest BCUT2D eigenvalue weighted by molar-refractivity contribution is -0.0328. The highest BCUT2D eigenvalue weighted by Gasteiger charge is 2.29. The van der Waals surface area contributed by atoms with Crippen LogP contribution in [0, 0.1) is 0 Å². The Kier molecular flexibility index (Phi) is 4.34. The lowest BCUT2D eigenvalue weighted by atomic mass is 10.2. The molecule has 0 saturated carbocycles. The predicted octanol–water partition coefficient (Wildman–Crippen LogP) is 4.52. The summed E-state index contributed by atoms with van der Waals surface area (Å²) in [4.78, 5) is 11.8. The van der Waals surface area contributed by atoms with Crippen molar-refractivity contribution in [3.05, 3.63) is 60.2 Å². The lowest BCUT2D eigenvalue weighted by Crippen LogP contribution is -2.08. The fourth-order valence-electron chi connectivity index (χ4n) is 1.45. The maximum absolute atomic E-state index is 12.2. The minimum absolute atomic E-state index is 0.0389. The van der Waals surface area contributed by atoms with Gasteiger partial charge < -0.3 is 4.74 Å². The highest BCUT2D eigenvalue weighted by Crippen LogP contribution is 2.37. The third-order valence-electron chi connectivity index (χ3n) is 2.28. The molecule has 20 heavy (non-hydrogen) atoms. The number of hydrogen-bond donors (Lipinski definition) is 0. The molecule has 0 saturated heterocycles. The molecule has 0 radical (unpaired) electrons. The molecule has 2 rings (SSSR count). The molecule has 0 amide bonds. The first-order valence-corrected chi connectivity index (χ1v) is 6.39. The normalized spacial score (nSPS) is 11.2. The van der Waals surface area contributed by atoms with E-state index < -0.39 is 11.5 Å². The van der Waals surface area contributed by atoms with E-state index in [2.05, 4.69) is 0 Å². The van der Waals surface area contributed by atoms with Crippen LogP contribution in [0.1, 0.15) is 10.4 Å². The highest BCUT2D eigenvalue weighted by atomic mass is 32.2. The zero-order valence-electron chi connectivity index (χ0n) is 10.1. The maximum atomic E-state index is 12.2. The van der Waals surface area contributed by atoms with Crippen LogP contribution in [0.15, 0.2) is 59.5 Å². The molecule has 0 heterocycles. The van der Waals surface area contributed by atoms with Gasteiger partial charge in [-0.15, -0.1) is 0 Å². The van der Waals surface area contributed by atoms with Crippen molar-refractivity contribution in [2.45, 2.75) is 10.4 Å². The highest BCUT2D eigenvalue weighted by molar-refractivity contribution is 8.00. The van der Waals surface area contributed by atoms with Gasteiger partial charge in [0.25, 0.3) is 0 Å². The first-order chi connectivity index (χ1) is 9.44. The topological polar surface area (TPSA) is 26.3 Å². The number of halogens is 3. The van der Waals surface area contributed by atoms with Gasteiger partial charge >= 0.3 is 11.5 Å². The minimum atomic E-state index is -4.33. The summed E-state index contributed by atoms with van der Waals surface area (Å²) >= 11 is -0.216. The van der Waals surface area contributed by atoms with Gasteiger partial charge in [-0.25, -0.2) is 4.79 Å². The van der Waals surface area contributed by atoms with E-state index in [1.165, 1.54) is 24.3 Å². The van der Waals surface area contributed by atoms with Crippen molar-refractivity contribution in [3.63, 3.8) is 0 Å². The van der Waals surface area contributed by atoms with E-state index in [1.54, 1.807) is 30.3 Å². The zero-order valence-corrected chi connectivity index (χ0v) is 10.9. The smallest absolute Gasteiger partial charge is 0.423 e. The molecule has 0 unspecified atom stereocenters. The van der Waals surface area contributed by atoms with Crippen molar-refractivity contribution < 1.29 is 22.7 Å². The second-order valence-corrected chi connectivity index (χ2v) is 4.91.